The zero-order valence-corrected chi connectivity index (χ0v) is 15.1. The highest BCUT2D eigenvalue weighted by molar-refractivity contribution is 9.10. The lowest BCUT2D eigenvalue weighted by atomic mass is 10.2. The topological polar surface area (TPSA) is 56.9 Å². The van der Waals surface area contributed by atoms with E-state index in [0.29, 0.717) is 37.5 Å². The van der Waals surface area contributed by atoms with Crippen LogP contribution in [0.3, 0.4) is 0 Å². The first-order chi connectivity index (χ1) is 12.1. The van der Waals surface area contributed by atoms with Crippen LogP contribution >= 0.6 is 15.9 Å². The number of halogens is 1. The molecule has 1 saturated heterocycles. The second kappa shape index (κ2) is 6.44. The Hall–Kier alpha value is -2.47. The van der Waals surface area contributed by atoms with E-state index in [1.807, 2.05) is 30.3 Å². The zero-order valence-electron chi connectivity index (χ0n) is 13.5. The largest absolute Gasteiger partial charge is 0.506 e. The highest BCUT2D eigenvalue weighted by Crippen LogP contribution is 2.29. The Bertz CT molecular complexity index is 929. The molecule has 2 aromatic carbocycles. The van der Waals surface area contributed by atoms with E-state index in [2.05, 4.69) is 20.8 Å². The van der Waals surface area contributed by atoms with E-state index in [1.54, 1.807) is 23.1 Å². The fourth-order valence-electron chi connectivity index (χ4n) is 3.17. The number of rotatable bonds is 2. The van der Waals surface area contributed by atoms with Gasteiger partial charge in [-0.15, -0.1) is 0 Å². The van der Waals surface area contributed by atoms with Gasteiger partial charge in [0, 0.05) is 31.6 Å². The van der Waals surface area contributed by atoms with Gasteiger partial charge in [-0.05, 0) is 40.2 Å². The van der Waals surface area contributed by atoms with Gasteiger partial charge in [0.05, 0.1) is 10.2 Å². The molecule has 0 radical (unpaired) electrons. The van der Waals surface area contributed by atoms with Crippen LogP contribution in [-0.4, -0.2) is 42.1 Å². The van der Waals surface area contributed by atoms with Crippen LogP contribution in [-0.2, 0) is 0 Å². The Labute approximate surface area is 153 Å². The standard InChI is InChI=1S/C19H17BrN2O3/c20-14-5-3-4-13-12-17(25-18(13)14)19(24)22-10-8-21(9-11-22)15-6-1-2-7-16(15)23/h1-7,12,23H,8-11H2. The predicted molar refractivity (Wildman–Crippen MR) is 100 cm³/mol. The molecule has 4 rings (SSSR count). The van der Waals surface area contributed by atoms with Crippen molar-refractivity contribution in [3.8, 4) is 5.75 Å². The van der Waals surface area contributed by atoms with Crippen LogP contribution in [0.25, 0.3) is 11.0 Å². The number of nitrogens with zero attached hydrogens (tertiary/aromatic N) is 2. The number of benzene rings is 2. The van der Waals surface area contributed by atoms with Gasteiger partial charge in [-0.1, -0.05) is 24.3 Å². The van der Waals surface area contributed by atoms with Crippen molar-refractivity contribution in [1.29, 1.82) is 0 Å². The maximum atomic E-state index is 12.7. The van der Waals surface area contributed by atoms with Crippen LogP contribution in [0.4, 0.5) is 5.69 Å². The Kier molecular flexibility index (Phi) is 4.13. The molecular weight excluding hydrogens is 384 g/mol. The average molecular weight is 401 g/mol. The van der Waals surface area contributed by atoms with Crippen molar-refractivity contribution in [2.45, 2.75) is 0 Å². The number of anilines is 1. The third-order valence-electron chi connectivity index (χ3n) is 4.50. The number of furan rings is 1. The molecule has 6 heteroatoms. The highest BCUT2D eigenvalue weighted by Gasteiger charge is 2.25. The lowest BCUT2D eigenvalue weighted by Crippen LogP contribution is -2.48. The van der Waals surface area contributed by atoms with Gasteiger partial charge in [-0.3, -0.25) is 4.79 Å². The van der Waals surface area contributed by atoms with Crippen molar-refractivity contribution < 1.29 is 14.3 Å². The minimum Gasteiger partial charge on any atom is -0.506 e. The van der Waals surface area contributed by atoms with Gasteiger partial charge in [0.15, 0.2) is 5.76 Å². The van der Waals surface area contributed by atoms with Gasteiger partial charge in [0.25, 0.3) is 5.91 Å². The molecule has 2 heterocycles. The highest BCUT2D eigenvalue weighted by atomic mass is 79.9. The molecule has 0 unspecified atom stereocenters. The number of carbonyl (C=O) groups is 1. The third kappa shape index (κ3) is 2.98. The molecule has 1 aliphatic rings. The van der Waals surface area contributed by atoms with Crippen LogP contribution < -0.4 is 4.90 Å². The Morgan fingerprint density at radius 1 is 1.04 bits per heavy atom. The number of para-hydroxylation sites is 3. The predicted octanol–water partition coefficient (Wildman–Crippen LogP) is 3.86. The summed E-state index contributed by atoms with van der Waals surface area (Å²) < 4.78 is 6.59. The van der Waals surface area contributed by atoms with Crippen LogP contribution in [0.15, 0.2) is 57.4 Å². The molecule has 0 aliphatic carbocycles. The van der Waals surface area contributed by atoms with Crippen LogP contribution in [0.1, 0.15) is 10.6 Å². The van der Waals surface area contributed by atoms with Crippen molar-refractivity contribution in [2.24, 2.45) is 0 Å². The summed E-state index contributed by atoms with van der Waals surface area (Å²) in [4.78, 5) is 16.6. The number of phenolic OH excluding ortho intramolecular Hbond substituents is 1. The fourth-order valence-corrected chi connectivity index (χ4v) is 3.63. The number of carbonyl (C=O) groups excluding carboxylic acids is 1. The molecule has 1 amide bonds. The smallest absolute Gasteiger partial charge is 0.289 e. The van der Waals surface area contributed by atoms with Gasteiger partial charge in [0.2, 0.25) is 0 Å². The minimum atomic E-state index is -0.0972. The summed E-state index contributed by atoms with van der Waals surface area (Å²) in [6.07, 6.45) is 0. The van der Waals surface area contributed by atoms with Gasteiger partial charge < -0.3 is 19.3 Å². The summed E-state index contributed by atoms with van der Waals surface area (Å²) in [5.74, 6) is 0.530. The minimum absolute atomic E-state index is 0.0972. The molecule has 1 aliphatic heterocycles. The first kappa shape index (κ1) is 16.0. The van der Waals surface area contributed by atoms with E-state index in [9.17, 15) is 9.90 Å². The number of hydrogen-bond acceptors (Lipinski definition) is 4. The summed E-state index contributed by atoms with van der Waals surface area (Å²) in [5.41, 5.74) is 1.50. The molecule has 0 spiro atoms. The normalized spacial score (nSPS) is 14.9. The van der Waals surface area contributed by atoms with Crippen molar-refractivity contribution >= 4 is 38.5 Å². The van der Waals surface area contributed by atoms with Crippen molar-refractivity contribution in [1.82, 2.24) is 4.90 Å². The van der Waals surface area contributed by atoms with Gasteiger partial charge >= 0.3 is 0 Å². The van der Waals surface area contributed by atoms with Gasteiger partial charge in [-0.25, -0.2) is 0 Å². The molecular formula is C19H17BrN2O3. The molecule has 0 bridgehead atoms. The Morgan fingerprint density at radius 2 is 1.80 bits per heavy atom. The van der Waals surface area contributed by atoms with Crippen LogP contribution in [0.5, 0.6) is 5.75 Å². The summed E-state index contributed by atoms with van der Waals surface area (Å²) in [7, 11) is 0. The van der Waals surface area contributed by atoms with E-state index >= 15 is 0 Å². The number of hydrogen-bond donors (Lipinski definition) is 1. The molecule has 1 fully saturated rings. The van der Waals surface area contributed by atoms with E-state index < -0.39 is 0 Å². The number of amides is 1. The monoisotopic (exact) mass is 400 g/mol. The SMILES string of the molecule is O=C(c1cc2cccc(Br)c2o1)N1CCN(c2ccccc2O)CC1. The van der Waals surface area contributed by atoms with Crippen molar-refractivity contribution in [3.63, 3.8) is 0 Å². The molecule has 0 saturated carbocycles. The molecule has 1 N–H and O–H groups in total. The number of aromatic hydroxyl groups is 1. The molecule has 3 aromatic rings. The lowest BCUT2D eigenvalue weighted by Gasteiger charge is -2.35. The lowest BCUT2D eigenvalue weighted by molar-refractivity contribution is 0.0717. The average Bonchev–Trinajstić information content (AvgIpc) is 3.07. The number of phenols is 1. The molecule has 25 heavy (non-hydrogen) atoms. The van der Waals surface area contributed by atoms with Gasteiger partial charge in [-0.2, -0.15) is 0 Å². The second-order valence-corrected chi connectivity index (χ2v) is 6.89. The van der Waals surface area contributed by atoms with Crippen LogP contribution in [0, 0.1) is 0 Å². The summed E-state index contributed by atoms with van der Waals surface area (Å²) in [5, 5.41) is 10.9. The second-order valence-electron chi connectivity index (χ2n) is 6.04. The summed E-state index contributed by atoms with van der Waals surface area (Å²) in [6.45, 7) is 2.53. The molecule has 5 nitrogen and oxygen atoms in total. The Balaban J connectivity index is 1.49. The molecule has 1 aromatic heterocycles. The van der Waals surface area contributed by atoms with E-state index in [4.69, 9.17) is 4.42 Å². The van der Waals surface area contributed by atoms with E-state index in [1.165, 1.54) is 0 Å². The van der Waals surface area contributed by atoms with E-state index in [-0.39, 0.29) is 11.7 Å². The summed E-state index contributed by atoms with van der Waals surface area (Å²) in [6, 6.07) is 14.8. The number of piperazine rings is 1. The van der Waals surface area contributed by atoms with Gasteiger partial charge in [0.1, 0.15) is 11.3 Å². The Morgan fingerprint density at radius 3 is 2.52 bits per heavy atom. The van der Waals surface area contributed by atoms with Crippen LogP contribution in [0.2, 0.25) is 0 Å². The maximum Gasteiger partial charge on any atom is 0.289 e. The van der Waals surface area contributed by atoms with Crippen molar-refractivity contribution in [3.05, 3.63) is 58.8 Å². The number of fused-ring (bicyclic) bond motifs is 1. The quantitative estimate of drug-likeness (QED) is 0.709. The first-order valence-corrected chi connectivity index (χ1v) is 8.93. The third-order valence-corrected chi connectivity index (χ3v) is 5.12. The van der Waals surface area contributed by atoms with Crippen molar-refractivity contribution in [2.75, 3.05) is 31.1 Å². The zero-order chi connectivity index (χ0) is 17.4. The van der Waals surface area contributed by atoms with E-state index in [0.717, 1.165) is 15.5 Å². The maximum absolute atomic E-state index is 12.7. The molecule has 0 atom stereocenters. The first-order valence-electron chi connectivity index (χ1n) is 8.14. The summed E-state index contributed by atoms with van der Waals surface area (Å²) >= 11 is 3.45. The molecule has 128 valence electrons. The fraction of sp³-hybridized carbons (Fsp3) is 0.211.